The number of hydrogen-bond acceptors (Lipinski definition) is 3. The fourth-order valence-corrected chi connectivity index (χ4v) is 7.85. The summed E-state index contributed by atoms with van der Waals surface area (Å²) in [5.74, 6) is 3.42. The first-order chi connectivity index (χ1) is 12.8. The van der Waals surface area contributed by atoms with Gasteiger partial charge in [-0.25, -0.2) is 0 Å². The van der Waals surface area contributed by atoms with E-state index in [9.17, 15) is 9.59 Å². The molecule has 7 atom stereocenters. The molecule has 0 unspecified atom stereocenters. The first-order valence-corrected chi connectivity index (χ1v) is 11.4. The van der Waals surface area contributed by atoms with Gasteiger partial charge in [0.05, 0.1) is 0 Å². The maximum Gasteiger partial charge on any atom is 0.161 e. The van der Waals surface area contributed by atoms with Gasteiger partial charge < -0.3 is 4.74 Å². The van der Waals surface area contributed by atoms with Gasteiger partial charge in [-0.1, -0.05) is 20.8 Å². The molecule has 0 heterocycles. The number of rotatable bonds is 4. The average molecular weight is 375 g/mol. The molecule has 0 radical (unpaired) electrons. The van der Waals surface area contributed by atoms with E-state index < -0.39 is 5.60 Å². The molecule has 0 spiro atoms. The first-order valence-electron chi connectivity index (χ1n) is 11.4. The van der Waals surface area contributed by atoms with Crippen molar-refractivity contribution in [2.75, 3.05) is 6.61 Å². The summed E-state index contributed by atoms with van der Waals surface area (Å²) in [7, 11) is 0. The highest BCUT2D eigenvalue weighted by Crippen LogP contribution is 2.66. The normalized spacial score (nSPS) is 49.3. The largest absolute Gasteiger partial charge is 0.367 e. The van der Waals surface area contributed by atoms with Gasteiger partial charge >= 0.3 is 0 Å². The van der Waals surface area contributed by atoms with E-state index in [1.165, 1.54) is 19.3 Å². The molecule has 152 valence electrons. The number of ether oxygens (including phenoxy) is 1. The summed E-state index contributed by atoms with van der Waals surface area (Å²) in [6.45, 7) is 9.32. The van der Waals surface area contributed by atoms with Crippen LogP contribution in [0.15, 0.2) is 0 Å². The summed E-state index contributed by atoms with van der Waals surface area (Å²) in [4.78, 5) is 25.1. The average Bonchev–Trinajstić information content (AvgIpc) is 2.95. The number of hydrogen-bond donors (Lipinski definition) is 0. The lowest BCUT2D eigenvalue weighted by molar-refractivity contribution is -0.176. The second kappa shape index (κ2) is 6.68. The summed E-state index contributed by atoms with van der Waals surface area (Å²) >= 11 is 0. The third-order valence-corrected chi connectivity index (χ3v) is 9.64. The quantitative estimate of drug-likeness (QED) is 0.666. The molecule has 4 saturated carbocycles. The third kappa shape index (κ3) is 2.78. The van der Waals surface area contributed by atoms with Crippen molar-refractivity contribution in [3.05, 3.63) is 0 Å². The van der Waals surface area contributed by atoms with Crippen LogP contribution >= 0.6 is 0 Å². The number of Topliss-reactive ketones (excluding diaryl/α,β-unsaturated/α-hetero) is 2. The van der Waals surface area contributed by atoms with Crippen LogP contribution in [-0.4, -0.2) is 23.8 Å². The van der Waals surface area contributed by atoms with E-state index in [1.54, 1.807) is 6.92 Å². The minimum Gasteiger partial charge on any atom is -0.367 e. The molecule has 4 aliphatic rings. The Bertz CT molecular complexity index is 627. The molecular weight excluding hydrogens is 336 g/mol. The Labute approximate surface area is 165 Å². The van der Waals surface area contributed by atoms with Gasteiger partial charge in [0, 0.05) is 18.4 Å². The maximum absolute atomic E-state index is 12.6. The van der Waals surface area contributed by atoms with Gasteiger partial charge in [0.2, 0.25) is 0 Å². The van der Waals surface area contributed by atoms with Crippen molar-refractivity contribution < 1.29 is 14.3 Å². The molecule has 0 N–H and O–H groups in total. The number of ketones is 2. The molecule has 0 aromatic carbocycles. The topological polar surface area (TPSA) is 43.4 Å². The summed E-state index contributed by atoms with van der Waals surface area (Å²) in [6.07, 6.45) is 10.6. The second-order valence-electron chi connectivity index (χ2n) is 10.7. The third-order valence-electron chi connectivity index (χ3n) is 9.64. The molecule has 0 saturated heterocycles. The number of carbonyl (C=O) groups excluding carboxylic acids is 2. The predicted octanol–water partition coefficient (Wildman–Crippen LogP) is 5.35. The maximum atomic E-state index is 12.6. The van der Waals surface area contributed by atoms with Crippen LogP contribution in [0.25, 0.3) is 0 Å². The monoisotopic (exact) mass is 374 g/mol. The highest BCUT2D eigenvalue weighted by molar-refractivity contribution is 5.87. The Morgan fingerprint density at radius 3 is 2.56 bits per heavy atom. The Kier molecular flexibility index (Phi) is 4.85. The second-order valence-corrected chi connectivity index (χ2v) is 10.7. The highest BCUT2D eigenvalue weighted by atomic mass is 16.5. The van der Waals surface area contributed by atoms with Crippen molar-refractivity contribution >= 4 is 11.6 Å². The molecule has 27 heavy (non-hydrogen) atoms. The zero-order valence-corrected chi connectivity index (χ0v) is 17.8. The van der Waals surface area contributed by atoms with Gasteiger partial charge in [-0.3, -0.25) is 9.59 Å². The van der Waals surface area contributed by atoms with Crippen LogP contribution in [0.1, 0.15) is 91.9 Å². The summed E-state index contributed by atoms with van der Waals surface area (Å²) in [5.41, 5.74) is -0.240. The van der Waals surface area contributed by atoms with Crippen LogP contribution in [0.5, 0.6) is 0 Å². The predicted molar refractivity (Wildman–Crippen MR) is 106 cm³/mol. The Balaban J connectivity index is 1.57. The van der Waals surface area contributed by atoms with Gasteiger partial charge in [-0.05, 0) is 93.8 Å². The first kappa shape index (κ1) is 19.6. The van der Waals surface area contributed by atoms with Crippen molar-refractivity contribution in [2.45, 2.75) is 97.5 Å². The van der Waals surface area contributed by atoms with Crippen molar-refractivity contribution in [3.63, 3.8) is 0 Å². The minimum absolute atomic E-state index is 0.0353. The molecular formula is C24H38O3. The summed E-state index contributed by atoms with van der Waals surface area (Å²) in [6, 6.07) is 0. The van der Waals surface area contributed by atoms with Crippen molar-refractivity contribution in [1.82, 2.24) is 0 Å². The van der Waals surface area contributed by atoms with Crippen LogP contribution in [0.4, 0.5) is 0 Å². The molecule has 0 aromatic rings. The lowest BCUT2D eigenvalue weighted by Crippen LogP contribution is -2.57. The van der Waals surface area contributed by atoms with E-state index >= 15 is 0 Å². The van der Waals surface area contributed by atoms with Crippen LogP contribution in [0.3, 0.4) is 0 Å². The van der Waals surface area contributed by atoms with Crippen LogP contribution < -0.4 is 0 Å². The van der Waals surface area contributed by atoms with E-state index in [0.717, 1.165) is 56.8 Å². The molecule has 0 bridgehead atoms. The van der Waals surface area contributed by atoms with E-state index in [4.69, 9.17) is 4.74 Å². The highest BCUT2D eigenvalue weighted by Gasteiger charge is 2.62. The molecule has 0 aromatic heterocycles. The van der Waals surface area contributed by atoms with E-state index in [-0.39, 0.29) is 11.2 Å². The van der Waals surface area contributed by atoms with Crippen LogP contribution in [0, 0.1) is 34.5 Å². The molecule has 3 heteroatoms. The van der Waals surface area contributed by atoms with Crippen molar-refractivity contribution in [3.8, 4) is 0 Å². The molecule has 0 aliphatic heterocycles. The van der Waals surface area contributed by atoms with Gasteiger partial charge in [0.1, 0.15) is 11.4 Å². The van der Waals surface area contributed by atoms with Gasteiger partial charge in [0.25, 0.3) is 0 Å². The van der Waals surface area contributed by atoms with E-state index in [0.29, 0.717) is 29.6 Å². The zero-order chi connectivity index (χ0) is 19.4. The number of carbonyl (C=O) groups is 2. The molecule has 4 rings (SSSR count). The Morgan fingerprint density at radius 1 is 1.07 bits per heavy atom. The minimum atomic E-state index is -0.528. The molecule has 4 fully saturated rings. The van der Waals surface area contributed by atoms with Gasteiger partial charge in [-0.15, -0.1) is 0 Å². The lowest BCUT2D eigenvalue weighted by Gasteiger charge is -2.61. The fourth-order valence-electron chi connectivity index (χ4n) is 7.85. The van der Waals surface area contributed by atoms with E-state index in [1.807, 2.05) is 0 Å². The number of fused-ring (bicyclic) bond motifs is 5. The van der Waals surface area contributed by atoms with Crippen LogP contribution in [-0.2, 0) is 14.3 Å². The molecule has 3 nitrogen and oxygen atoms in total. The standard InChI is InChI=1S/C24H38O3/c1-5-14-27-24(16(2)25)13-12-22(3)17(15-24)6-7-18-19-8-9-21(26)23(19,4)11-10-20(18)22/h17-20H,5-15H2,1-4H3/t17-,18+,19+,20+,22-,23-,24-/m0/s1. The Morgan fingerprint density at radius 2 is 1.85 bits per heavy atom. The van der Waals surface area contributed by atoms with Gasteiger partial charge in [-0.2, -0.15) is 0 Å². The van der Waals surface area contributed by atoms with Gasteiger partial charge in [0.15, 0.2) is 5.78 Å². The van der Waals surface area contributed by atoms with Crippen molar-refractivity contribution in [2.24, 2.45) is 34.5 Å². The summed E-state index contributed by atoms with van der Waals surface area (Å²) in [5, 5.41) is 0. The smallest absolute Gasteiger partial charge is 0.161 e. The van der Waals surface area contributed by atoms with E-state index in [2.05, 4.69) is 20.8 Å². The van der Waals surface area contributed by atoms with Crippen molar-refractivity contribution in [1.29, 1.82) is 0 Å². The zero-order valence-electron chi connectivity index (χ0n) is 17.8. The Hall–Kier alpha value is -0.700. The molecule has 4 aliphatic carbocycles. The summed E-state index contributed by atoms with van der Waals surface area (Å²) < 4.78 is 6.22. The van der Waals surface area contributed by atoms with Crippen LogP contribution in [0.2, 0.25) is 0 Å². The molecule has 0 amide bonds. The lowest BCUT2D eigenvalue weighted by atomic mass is 9.44. The fraction of sp³-hybridized carbons (Fsp3) is 0.917. The SMILES string of the molecule is CCCO[C@@]1(C(C)=O)CC[C@@]2(C)[C@@H](CC[C@H]3[C@H]2CC[C@]2(C)C(=O)CC[C@H]32)C1.